The van der Waals surface area contributed by atoms with E-state index in [-0.39, 0.29) is 12.5 Å². The number of nitriles is 1. The van der Waals surface area contributed by atoms with Crippen molar-refractivity contribution < 1.29 is 9.21 Å². The molecule has 0 saturated heterocycles. The van der Waals surface area contributed by atoms with Gasteiger partial charge in [-0.1, -0.05) is 6.92 Å². The van der Waals surface area contributed by atoms with Gasteiger partial charge in [-0.25, -0.2) is 4.98 Å². The monoisotopic (exact) mass is 289 g/mol. The average molecular weight is 289 g/mol. The fraction of sp³-hybridized carbons (Fsp3) is 0.357. The zero-order valence-corrected chi connectivity index (χ0v) is 12.2. The van der Waals surface area contributed by atoms with E-state index in [1.165, 1.54) is 16.2 Å². The van der Waals surface area contributed by atoms with Crippen LogP contribution in [0.4, 0.5) is 0 Å². The maximum Gasteiger partial charge on any atom is 0.274 e. The lowest BCUT2D eigenvalue weighted by Gasteiger charge is -2.16. The lowest BCUT2D eigenvalue weighted by Crippen LogP contribution is -2.32. The largest absolute Gasteiger partial charge is 0.459 e. The molecule has 2 rings (SSSR count). The topological polar surface area (TPSA) is 70.1 Å². The fourth-order valence-electron chi connectivity index (χ4n) is 1.80. The predicted octanol–water partition coefficient (Wildman–Crippen LogP) is 3.09. The van der Waals surface area contributed by atoms with E-state index >= 15 is 0 Å². The van der Waals surface area contributed by atoms with Crippen molar-refractivity contribution >= 4 is 17.2 Å². The van der Waals surface area contributed by atoms with Crippen molar-refractivity contribution in [1.82, 2.24) is 9.88 Å². The number of aryl methyl sites for hydroxylation is 1. The van der Waals surface area contributed by atoms with Crippen molar-refractivity contribution in [3.05, 3.63) is 29.0 Å². The molecule has 0 radical (unpaired) electrons. The van der Waals surface area contributed by atoms with Crippen molar-refractivity contribution in [1.29, 1.82) is 5.26 Å². The third-order valence-electron chi connectivity index (χ3n) is 2.72. The van der Waals surface area contributed by atoms with Crippen molar-refractivity contribution in [2.24, 2.45) is 0 Å². The highest BCUT2D eigenvalue weighted by molar-refractivity contribution is 7.13. The summed E-state index contributed by atoms with van der Waals surface area (Å²) in [4.78, 5) is 18.1. The van der Waals surface area contributed by atoms with Gasteiger partial charge in [-0.05, 0) is 25.5 Å². The molecule has 0 aliphatic heterocycles. The van der Waals surface area contributed by atoms with E-state index in [0.717, 1.165) is 12.2 Å². The number of hydrogen-bond acceptors (Lipinski definition) is 5. The van der Waals surface area contributed by atoms with Gasteiger partial charge in [0, 0.05) is 11.9 Å². The van der Waals surface area contributed by atoms with Gasteiger partial charge in [-0.3, -0.25) is 4.79 Å². The predicted molar refractivity (Wildman–Crippen MR) is 76.4 cm³/mol. The van der Waals surface area contributed by atoms with E-state index in [9.17, 15) is 4.79 Å². The van der Waals surface area contributed by atoms with Crippen LogP contribution in [0.25, 0.3) is 10.8 Å². The first kappa shape index (κ1) is 14.3. The number of amides is 1. The summed E-state index contributed by atoms with van der Waals surface area (Å²) in [5.41, 5.74) is 0.364. The minimum atomic E-state index is -0.209. The zero-order valence-electron chi connectivity index (χ0n) is 11.4. The summed E-state index contributed by atoms with van der Waals surface area (Å²) in [5, 5.41) is 11.1. The van der Waals surface area contributed by atoms with E-state index < -0.39 is 0 Å². The minimum Gasteiger partial charge on any atom is -0.459 e. The SMILES string of the molecule is CCCN(CC#N)C(=O)c1csc(-c2ccc(C)o2)n1. The summed E-state index contributed by atoms with van der Waals surface area (Å²) in [6, 6.07) is 5.70. The molecule has 104 valence electrons. The standard InChI is InChI=1S/C14H15N3O2S/c1-3-7-17(8-6-15)14(18)11-9-20-13(16-11)12-5-4-10(2)19-12/h4-5,9H,3,7-8H2,1-2H3. The Bertz CT molecular complexity index is 639. The molecule has 2 heterocycles. The Morgan fingerprint density at radius 3 is 2.95 bits per heavy atom. The van der Waals surface area contributed by atoms with E-state index in [1.54, 1.807) is 5.38 Å². The third kappa shape index (κ3) is 3.06. The Kier molecular flexibility index (Phi) is 4.53. The molecule has 20 heavy (non-hydrogen) atoms. The van der Waals surface area contributed by atoms with Gasteiger partial charge in [0.25, 0.3) is 5.91 Å². The highest BCUT2D eigenvalue weighted by atomic mass is 32.1. The lowest BCUT2D eigenvalue weighted by molar-refractivity contribution is 0.0771. The van der Waals surface area contributed by atoms with Crippen molar-refractivity contribution in [2.45, 2.75) is 20.3 Å². The number of nitrogens with zero attached hydrogens (tertiary/aromatic N) is 3. The summed E-state index contributed by atoms with van der Waals surface area (Å²) in [6.07, 6.45) is 0.807. The lowest BCUT2D eigenvalue weighted by atomic mass is 10.3. The number of thiazole rings is 1. The van der Waals surface area contributed by atoms with E-state index in [1.807, 2.05) is 32.0 Å². The fourth-order valence-corrected chi connectivity index (χ4v) is 2.56. The number of carbonyl (C=O) groups excluding carboxylic acids is 1. The molecule has 0 spiro atoms. The second-order valence-electron chi connectivity index (χ2n) is 4.33. The number of hydrogen-bond donors (Lipinski definition) is 0. The van der Waals surface area contributed by atoms with Crippen LogP contribution in [0.1, 0.15) is 29.6 Å². The molecule has 0 aliphatic carbocycles. The molecule has 2 aromatic rings. The van der Waals surface area contributed by atoms with Gasteiger partial charge in [0.15, 0.2) is 10.8 Å². The van der Waals surface area contributed by atoms with Crippen LogP contribution in [0.3, 0.4) is 0 Å². The Morgan fingerprint density at radius 2 is 2.35 bits per heavy atom. The number of furan rings is 1. The first-order valence-electron chi connectivity index (χ1n) is 6.34. The first-order valence-corrected chi connectivity index (χ1v) is 7.22. The molecule has 0 aromatic carbocycles. The molecule has 0 atom stereocenters. The highest BCUT2D eigenvalue weighted by Crippen LogP contribution is 2.26. The summed E-state index contributed by atoms with van der Waals surface area (Å²) < 4.78 is 5.49. The van der Waals surface area contributed by atoms with E-state index in [4.69, 9.17) is 9.68 Å². The summed E-state index contributed by atoms with van der Waals surface area (Å²) >= 11 is 1.36. The van der Waals surface area contributed by atoms with Gasteiger partial charge in [-0.15, -0.1) is 11.3 Å². The van der Waals surface area contributed by atoms with Crippen molar-refractivity contribution in [2.75, 3.05) is 13.1 Å². The number of aromatic nitrogens is 1. The summed E-state index contributed by atoms with van der Waals surface area (Å²) in [7, 11) is 0. The van der Waals surface area contributed by atoms with Crippen molar-refractivity contribution in [3.8, 4) is 16.8 Å². The van der Waals surface area contributed by atoms with Crippen LogP contribution in [0.2, 0.25) is 0 Å². The van der Waals surface area contributed by atoms with Crippen LogP contribution in [0.15, 0.2) is 21.9 Å². The molecule has 5 nitrogen and oxygen atoms in total. The van der Waals surface area contributed by atoms with E-state index in [2.05, 4.69) is 4.98 Å². The van der Waals surface area contributed by atoms with Crippen LogP contribution >= 0.6 is 11.3 Å². The van der Waals surface area contributed by atoms with Gasteiger partial charge in [0.05, 0.1) is 6.07 Å². The molecule has 0 aliphatic rings. The normalized spacial score (nSPS) is 10.2. The van der Waals surface area contributed by atoms with Crippen LogP contribution < -0.4 is 0 Å². The van der Waals surface area contributed by atoms with E-state index in [0.29, 0.717) is 23.0 Å². The molecule has 0 fully saturated rings. The average Bonchev–Trinajstić information content (AvgIpc) is 3.06. The Labute approximate surface area is 121 Å². The van der Waals surface area contributed by atoms with Crippen LogP contribution in [0, 0.1) is 18.3 Å². The highest BCUT2D eigenvalue weighted by Gasteiger charge is 2.19. The molecule has 0 saturated carbocycles. The summed E-state index contributed by atoms with van der Waals surface area (Å²) in [6.45, 7) is 4.47. The van der Waals surface area contributed by atoms with Crippen LogP contribution in [-0.2, 0) is 0 Å². The first-order chi connectivity index (χ1) is 9.65. The van der Waals surface area contributed by atoms with Gasteiger partial charge in [0.2, 0.25) is 0 Å². The maximum absolute atomic E-state index is 12.3. The third-order valence-corrected chi connectivity index (χ3v) is 3.57. The second kappa shape index (κ2) is 6.35. The van der Waals surface area contributed by atoms with Gasteiger partial charge in [0.1, 0.15) is 18.0 Å². The molecule has 1 amide bonds. The zero-order chi connectivity index (χ0) is 14.5. The van der Waals surface area contributed by atoms with Crippen LogP contribution in [-0.4, -0.2) is 28.9 Å². The minimum absolute atomic E-state index is 0.0827. The van der Waals surface area contributed by atoms with Gasteiger partial charge >= 0.3 is 0 Å². The molecular formula is C14H15N3O2S. The quantitative estimate of drug-likeness (QED) is 0.793. The molecule has 0 unspecified atom stereocenters. The molecular weight excluding hydrogens is 274 g/mol. The number of carbonyl (C=O) groups is 1. The Balaban J connectivity index is 2.19. The smallest absolute Gasteiger partial charge is 0.274 e. The molecule has 2 aromatic heterocycles. The molecule has 6 heteroatoms. The van der Waals surface area contributed by atoms with Gasteiger partial charge in [-0.2, -0.15) is 5.26 Å². The Hall–Kier alpha value is -2.13. The van der Waals surface area contributed by atoms with Crippen molar-refractivity contribution in [3.63, 3.8) is 0 Å². The Morgan fingerprint density at radius 1 is 1.55 bits per heavy atom. The second-order valence-corrected chi connectivity index (χ2v) is 5.19. The summed E-state index contributed by atoms with van der Waals surface area (Å²) in [5.74, 6) is 1.26. The number of rotatable bonds is 5. The molecule has 0 N–H and O–H groups in total. The van der Waals surface area contributed by atoms with Crippen LogP contribution in [0.5, 0.6) is 0 Å². The molecule has 0 bridgehead atoms. The maximum atomic E-state index is 12.3. The van der Waals surface area contributed by atoms with Gasteiger partial charge < -0.3 is 9.32 Å².